The SMILES string of the molecule is CC(=N)CC(C)=NCC(=O)N1CCN(c2ccccc2-c2cccc(-c3nnc(C)o3)c2)CC1. The monoisotopic (exact) mass is 458 g/mol. The molecule has 176 valence electrons. The lowest BCUT2D eigenvalue weighted by Gasteiger charge is -2.37. The molecule has 2 aromatic carbocycles. The molecule has 0 unspecified atom stereocenters. The van der Waals surface area contributed by atoms with Crippen molar-refractivity contribution in [3.8, 4) is 22.6 Å². The van der Waals surface area contributed by atoms with Crippen LogP contribution in [0, 0.1) is 12.3 Å². The normalized spacial score (nSPS) is 14.4. The lowest BCUT2D eigenvalue weighted by atomic mass is 10.00. The zero-order chi connectivity index (χ0) is 24.1. The Morgan fingerprint density at radius 1 is 1.03 bits per heavy atom. The van der Waals surface area contributed by atoms with Gasteiger partial charge < -0.3 is 19.6 Å². The Morgan fingerprint density at radius 3 is 2.47 bits per heavy atom. The molecular weight excluding hydrogens is 428 g/mol. The van der Waals surface area contributed by atoms with Gasteiger partial charge in [-0.2, -0.15) is 0 Å². The van der Waals surface area contributed by atoms with E-state index in [1.807, 2.05) is 36.1 Å². The van der Waals surface area contributed by atoms with Gasteiger partial charge in [-0.1, -0.05) is 30.3 Å². The van der Waals surface area contributed by atoms with Gasteiger partial charge in [-0.15, -0.1) is 10.2 Å². The molecule has 1 amide bonds. The largest absolute Gasteiger partial charge is 0.421 e. The molecule has 1 aliphatic heterocycles. The topological polar surface area (TPSA) is 98.7 Å². The van der Waals surface area contributed by atoms with Crippen LogP contribution in [-0.2, 0) is 4.79 Å². The number of hydrogen-bond donors (Lipinski definition) is 1. The van der Waals surface area contributed by atoms with Crippen molar-refractivity contribution in [2.24, 2.45) is 4.99 Å². The third-order valence-electron chi connectivity index (χ3n) is 5.83. The van der Waals surface area contributed by atoms with Crippen LogP contribution in [0.2, 0.25) is 0 Å². The fourth-order valence-corrected chi connectivity index (χ4v) is 4.17. The lowest BCUT2D eigenvalue weighted by molar-refractivity contribution is -0.129. The molecule has 1 N–H and O–H groups in total. The molecule has 4 rings (SSSR count). The van der Waals surface area contributed by atoms with Crippen molar-refractivity contribution in [1.29, 1.82) is 5.41 Å². The fraction of sp³-hybridized carbons (Fsp3) is 0.346. The van der Waals surface area contributed by atoms with Crippen LogP contribution in [0.3, 0.4) is 0 Å². The predicted octanol–water partition coefficient (Wildman–Crippen LogP) is 4.25. The molecule has 0 spiro atoms. The highest BCUT2D eigenvalue weighted by atomic mass is 16.4. The number of nitrogens with zero attached hydrogens (tertiary/aromatic N) is 5. The first-order valence-corrected chi connectivity index (χ1v) is 11.5. The van der Waals surface area contributed by atoms with Crippen LogP contribution in [0.4, 0.5) is 5.69 Å². The van der Waals surface area contributed by atoms with E-state index in [0.717, 1.165) is 41.2 Å². The maximum atomic E-state index is 12.6. The Morgan fingerprint density at radius 2 is 1.76 bits per heavy atom. The number of carbonyl (C=O) groups is 1. The van der Waals surface area contributed by atoms with E-state index in [4.69, 9.17) is 9.83 Å². The van der Waals surface area contributed by atoms with Gasteiger partial charge in [0.1, 0.15) is 6.54 Å². The highest BCUT2D eigenvalue weighted by Gasteiger charge is 2.23. The van der Waals surface area contributed by atoms with E-state index < -0.39 is 0 Å². The van der Waals surface area contributed by atoms with Crippen molar-refractivity contribution in [1.82, 2.24) is 15.1 Å². The summed E-state index contributed by atoms with van der Waals surface area (Å²) in [6.07, 6.45) is 0.519. The molecule has 0 bridgehead atoms. The molecule has 0 saturated carbocycles. The number of hydrogen-bond acceptors (Lipinski definition) is 7. The summed E-state index contributed by atoms with van der Waals surface area (Å²) in [6.45, 7) is 8.39. The molecule has 2 heterocycles. The highest BCUT2D eigenvalue weighted by molar-refractivity contribution is 6.01. The summed E-state index contributed by atoms with van der Waals surface area (Å²) in [5, 5.41) is 15.6. The molecule has 1 aromatic heterocycles. The van der Waals surface area contributed by atoms with Crippen LogP contribution in [0.5, 0.6) is 0 Å². The average molecular weight is 459 g/mol. The van der Waals surface area contributed by atoms with Gasteiger partial charge in [0.25, 0.3) is 0 Å². The van der Waals surface area contributed by atoms with Gasteiger partial charge in [-0.3, -0.25) is 9.79 Å². The molecule has 0 aliphatic carbocycles. The van der Waals surface area contributed by atoms with E-state index in [9.17, 15) is 4.79 Å². The standard InChI is InChI=1S/C26H30N6O2/c1-18(27)15-19(2)28-17-25(33)32-13-11-31(12-14-32)24-10-5-4-9-23(24)21-7-6-8-22(16-21)26-30-29-20(3)34-26/h4-10,16,27H,11-15,17H2,1-3H3. The molecule has 0 radical (unpaired) electrons. The summed E-state index contributed by atoms with van der Waals surface area (Å²) in [6, 6.07) is 16.5. The number of carbonyl (C=O) groups excluding carboxylic acids is 1. The molecule has 3 aromatic rings. The lowest BCUT2D eigenvalue weighted by Crippen LogP contribution is -2.49. The summed E-state index contributed by atoms with van der Waals surface area (Å²) in [5.41, 5.74) is 5.61. The minimum Gasteiger partial charge on any atom is -0.421 e. The van der Waals surface area contributed by atoms with Gasteiger partial charge in [0.2, 0.25) is 17.7 Å². The second-order valence-corrected chi connectivity index (χ2v) is 8.60. The van der Waals surface area contributed by atoms with Crippen molar-refractivity contribution in [2.45, 2.75) is 27.2 Å². The van der Waals surface area contributed by atoms with Crippen molar-refractivity contribution >= 4 is 23.0 Å². The van der Waals surface area contributed by atoms with Crippen LogP contribution < -0.4 is 4.90 Å². The van der Waals surface area contributed by atoms with Crippen LogP contribution >= 0.6 is 0 Å². The maximum Gasteiger partial charge on any atom is 0.247 e. The minimum atomic E-state index is 0.0393. The molecule has 1 fully saturated rings. The van der Waals surface area contributed by atoms with Crippen LogP contribution in [0.1, 0.15) is 26.2 Å². The van der Waals surface area contributed by atoms with E-state index in [0.29, 0.717) is 37.0 Å². The van der Waals surface area contributed by atoms with Crippen LogP contribution in [0.25, 0.3) is 22.6 Å². The molecule has 8 heteroatoms. The number of para-hydroxylation sites is 1. The van der Waals surface area contributed by atoms with Gasteiger partial charge in [0.15, 0.2) is 0 Å². The summed E-state index contributed by atoms with van der Waals surface area (Å²) in [4.78, 5) is 21.2. The van der Waals surface area contributed by atoms with E-state index in [2.05, 4.69) is 44.4 Å². The number of nitrogens with one attached hydrogen (secondary N) is 1. The first kappa shape index (κ1) is 23.4. The van der Waals surface area contributed by atoms with Gasteiger partial charge in [0.05, 0.1) is 0 Å². The number of benzene rings is 2. The summed E-state index contributed by atoms with van der Waals surface area (Å²) >= 11 is 0. The Kier molecular flexibility index (Phi) is 7.15. The second kappa shape index (κ2) is 10.4. The van der Waals surface area contributed by atoms with E-state index in [1.165, 1.54) is 0 Å². The number of piperazine rings is 1. The first-order chi connectivity index (χ1) is 16.4. The highest BCUT2D eigenvalue weighted by Crippen LogP contribution is 2.33. The fourth-order valence-electron chi connectivity index (χ4n) is 4.17. The van der Waals surface area contributed by atoms with Gasteiger partial charge >= 0.3 is 0 Å². The summed E-state index contributed by atoms with van der Waals surface area (Å²) in [7, 11) is 0. The van der Waals surface area contributed by atoms with Crippen molar-refractivity contribution in [3.05, 3.63) is 54.4 Å². The van der Waals surface area contributed by atoms with Gasteiger partial charge in [-0.25, -0.2) is 0 Å². The predicted molar refractivity (Wildman–Crippen MR) is 135 cm³/mol. The third-order valence-corrected chi connectivity index (χ3v) is 5.83. The van der Waals surface area contributed by atoms with Crippen LogP contribution in [0.15, 0.2) is 57.9 Å². The Balaban J connectivity index is 1.45. The number of anilines is 1. The smallest absolute Gasteiger partial charge is 0.247 e. The molecular formula is C26H30N6O2. The van der Waals surface area contributed by atoms with Gasteiger partial charge in [-0.05, 0) is 37.6 Å². The Hall–Kier alpha value is -3.81. The second-order valence-electron chi connectivity index (χ2n) is 8.60. The molecule has 0 atom stereocenters. The average Bonchev–Trinajstić information content (AvgIpc) is 3.28. The van der Waals surface area contributed by atoms with Crippen LogP contribution in [-0.4, -0.2) is 65.2 Å². The van der Waals surface area contributed by atoms with Crippen molar-refractivity contribution in [2.75, 3.05) is 37.6 Å². The summed E-state index contributed by atoms with van der Waals surface area (Å²) < 4.78 is 5.60. The van der Waals surface area contributed by atoms with Gasteiger partial charge in [0, 0.05) is 67.8 Å². The third kappa shape index (κ3) is 5.57. The van der Waals surface area contributed by atoms with Crippen molar-refractivity contribution in [3.63, 3.8) is 0 Å². The number of aryl methyl sites for hydroxylation is 1. The molecule has 1 saturated heterocycles. The van der Waals surface area contributed by atoms with Crippen molar-refractivity contribution < 1.29 is 9.21 Å². The van der Waals surface area contributed by atoms with E-state index in [1.54, 1.807) is 13.8 Å². The number of amides is 1. The van der Waals surface area contributed by atoms with E-state index >= 15 is 0 Å². The Bertz CT molecular complexity index is 1210. The quantitative estimate of drug-likeness (QED) is 0.534. The van der Waals surface area contributed by atoms with E-state index in [-0.39, 0.29) is 12.5 Å². The number of aliphatic imine (C=N–C) groups is 1. The maximum absolute atomic E-state index is 12.6. The zero-order valence-corrected chi connectivity index (χ0v) is 19.9. The zero-order valence-electron chi connectivity index (χ0n) is 19.9. The number of aromatic nitrogens is 2. The first-order valence-electron chi connectivity index (χ1n) is 11.5. The number of rotatable bonds is 7. The summed E-state index contributed by atoms with van der Waals surface area (Å²) in [5.74, 6) is 1.09. The molecule has 8 nitrogen and oxygen atoms in total. The molecule has 34 heavy (non-hydrogen) atoms. The molecule has 1 aliphatic rings. The minimum absolute atomic E-state index is 0.0393. The Labute approximate surface area is 199 Å².